The zero-order valence-corrected chi connectivity index (χ0v) is 13.9. The summed E-state index contributed by atoms with van der Waals surface area (Å²) in [6.45, 7) is 1.91. The van der Waals surface area contributed by atoms with Gasteiger partial charge in [-0.3, -0.25) is 4.79 Å². The van der Waals surface area contributed by atoms with Crippen molar-refractivity contribution in [2.24, 2.45) is 0 Å². The topological polar surface area (TPSA) is 88.7 Å². The maximum atomic E-state index is 11.8. The first kappa shape index (κ1) is 16.7. The molecule has 1 aromatic rings. The van der Waals surface area contributed by atoms with Crippen molar-refractivity contribution in [1.82, 2.24) is 16.0 Å². The Morgan fingerprint density at radius 1 is 1.29 bits per heavy atom. The normalized spacial score (nSPS) is 18.9. The highest BCUT2D eigenvalue weighted by Gasteiger charge is 2.21. The molecule has 0 aliphatic carbocycles. The van der Waals surface area contributed by atoms with E-state index in [2.05, 4.69) is 16.0 Å². The summed E-state index contributed by atoms with van der Waals surface area (Å²) >= 11 is 6.18. The van der Waals surface area contributed by atoms with Gasteiger partial charge in [0.2, 0.25) is 5.91 Å². The van der Waals surface area contributed by atoms with Crippen LogP contribution < -0.4 is 25.4 Å². The fraction of sp³-hybridized carbons (Fsp3) is 0.500. The average molecular weight is 354 g/mol. The van der Waals surface area contributed by atoms with Gasteiger partial charge in [-0.25, -0.2) is 4.79 Å². The second-order valence-electron chi connectivity index (χ2n) is 5.79. The number of rotatable bonds is 5. The van der Waals surface area contributed by atoms with Gasteiger partial charge in [-0.2, -0.15) is 0 Å². The molecule has 130 valence electrons. The van der Waals surface area contributed by atoms with Crippen LogP contribution in [0.2, 0.25) is 5.02 Å². The van der Waals surface area contributed by atoms with Crippen LogP contribution in [-0.2, 0) is 11.2 Å². The third-order valence-electron chi connectivity index (χ3n) is 3.95. The molecule has 1 aromatic carbocycles. The van der Waals surface area contributed by atoms with Crippen LogP contribution in [0.4, 0.5) is 4.79 Å². The second-order valence-corrected chi connectivity index (χ2v) is 6.20. The average Bonchev–Trinajstić information content (AvgIpc) is 2.98. The van der Waals surface area contributed by atoms with Crippen LogP contribution in [-0.4, -0.2) is 44.3 Å². The Morgan fingerprint density at radius 3 is 2.92 bits per heavy atom. The number of carbonyl (C=O) groups excluding carboxylic acids is 2. The molecule has 1 atom stereocenters. The van der Waals surface area contributed by atoms with E-state index in [1.54, 1.807) is 0 Å². The number of fused-ring (bicyclic) bond motifs is 1. The summed E-state index contributed by atoms with van der Waals surface area (Å²) in [6.07, 6.45) is 1.91. The highest BCUT2D eigenvalue weighted by atomic mass is 35.5. The van der Waals surface area contributed by atoms with Gasteiger partial charge in [-0.1, -0.05) is 11.6 Å². The largest absolute Gasteiger partial charge is 0.486 e. The fourth-order valence-electron chi connectivity index (χ4n) is 2.74. The molecule has 3 N–H and O–H groups in total. The third kappa shape index (κ3) is 4.23. The quantitative estimate of drug-likeness (QED) is 0.743. The van der Waals surface area contributed by atoms with Crippen LogP contribution >= 0.6 is 11.6 Å². The maximum absolute atomic E-state index is 11.8. The number of halogens is 1. The number of hydrogen-bond donors (Lipinski definition) is 3. The van der Waals surface area contributed by atoms with Crippen LogP contribution in [0.25, 0.3) is 0 Å². The highest BCUT2D eigenvalue weighted by Crippen LogP contribution is 2.38. The van der Waals surface area contributed by atoms with Gasteiger partial charge in [0.1, 0.15) is 13.2 Å². The summed E-state index contributed by atoms with van der Waals surface area (Å²) in [6, 6.07) is 3.48. The summed E-state index contributed by atoms with van der Waals surface area (Å²) in [5.74, 6) is 1.26. The lowest BCUT2D eigenvalue weighted by Gasteiger charge is -2.20. The van der Waals surface area contributed by atoms with E-state index in [1.165, 1.54) is 0 Å². The van der Waals surface area contributed by atoms with Crippen molar-refractivity contribution in [3.63, 3.8) is 0 Å². The first-order chi connectivity index (χ1) is 11.6. The number of carbonyl (C=O) groups is 2. The number of ether oxygens (including phenoxy) is 2. The Bertz CT molecular complexity index is 638. The summed E-state index contributed by atoms with van der Waals surface area (Å²) in [5, 5.41) is 8.87. The van der Waals surface area contributed by atoms with Gasteiger partial charge >= 0.3 is 6.03 Å². The van der Waals surface area contributed by atoms with Crippen molar-refractivity contribution < 1.29 is 19.1 Å². The number of benzene rings is 1. The molecule has 2 aliphatic rings. The minimum absolute atomic E-state index is 0.0276. The lowest BCUT2D eigenvalue weighted by Crippen LogP contribution is -2.43. The maximum Gasteiger partial charge on any atom is 0.314 e. The van der Waals surface area contributed by atoms with Gasteiger partial charge < -0.3 is 25.4 Å². The first-order valence-electron chi connectivity index (χ1n) is 8.01. The van der Waals surface area contributed by atoms with E-state index in [-0.39, 0.29) is 18.0 Å². The molecule has 1 fully saturated rings. The van der Waals surface area contributed by atoms with Crippen molar-refractivity contribution in [2.45, 2.75) is 25.3 Å². The van der Waals surface area contributed by atoms with E-state index in [0.29, 0.717) is 55.7 Å². The van der Waals surface area contributed by atoms with Crippen molar-refractivity contribution in [3.8, 4) is 11.5 Å². The minimum Gasteiger partial charge on any atom is -0.486 e. The van der Waals surface area contributed by atoms with Crippen molar-refractivity contribution in [1.29, 1.82) is 0 Å². The van der Waals surface area contributed by atoms with Gasteiger partial charge in [-0.15, -0.1) is 0 Å². The predicted molar refractivity (Wildman–Crippen MR) is 88.7 cm³/mol. The monoisotopic (exact) mass is 353 g/mol. The fourth-order valence-corrected chi connectivity index (χ4v) is 3.03. The smallest absolute Gasteiger partial charge is 0.314 e. The third-order valence-corrected chi connectivity index (χ3v) is 4.23. The molecule has 0 bridgehead atoms. The van der Waals surface area contributed by atoms with Crippen LogP contribution in [0.3, 0.4) is 0 Å². The van der Waals surface area contributed by atoms with Gasteiger partial charge in [-0.05, 0) is 30.5 Å². The molecule has 0 spiro atoms. The summed E-state index contributed by atoms with van der Waals surface area (Å²) in [5.41, 5.74) is 0.965. The van der Waals surface area contributed by atoms with Gasteiger partial charge in [0.05, 0.1) is 5.02 Å². The van der Waals surface area contributed by atoms with Crippen molar-refractivity contribution >= 4 is 23.5 Å². The van der Waals surface area contributed by atoms with E-state index in [4.69, 9.17) is 21.1 Å². The number of amides is 3. The molecule has 2 aliphatic heterocycles. The molecule has 3 rings (SSSR count). The molecule has 8 heteroatoms. The van der Waals surface area contributed by atoms with E-state index in [1.807, 2.05) is 12.1 Å². The molecule has 7 nitrogen and oxygen atoms in total. The molecule has 24 heavy (non-hydrogen) atoms. The Morgan fingerprint density at radius 2 is 2.12 bits per heavy atom. The molecule has 0 aromatic heterocycles. The molecule has 0 unspecified atom stereocenters. The van der Waals surface area contributed by atoms with E-state index < -0.39 is 0 Å². The van der Waals surface area contributed by atoms with Gasteiger partial charge in [0.25, 0.3) is 0 Å². The molecule has 3 amide bonds. The second kappa shape index (κ2) is 7.61. The molecule has 2 heterocycles. The van der Waals surface area contributed by atoms with Gasteiger partial charge in [0.15, 0.2) is 11.5 Å². The Balaban J connectivity index is 1.42. The SMILES string of the molecule is O=C1CC[C@@H](CNC(=O)NCCc2cc(Cl)c3c(c2)OCCO3)N1. The van der Waals surface area contributed by atoms with E-state index in [9.17, 15) is 9.59 Å². The van der Waals surface area contributed by atoms with Crippen LogP contribution in [0.1, 0.15) is 18.4 Å². The highest BCUT2D eigenvalue weighted by molar-refractivity contribution is 6.32. The molecular formula is C16H20ClN3O4. The van der Waals surface area contributed by atoms with Crippen LogP contribution in [0.5, 0.6) is 11.5 Å². The number of nitrogens with one attached hydrogen (secondary N) is 3. The Labute approximate surface area is 145 Å². The standard InChI is InChI=1S/C16H20ClN3O4/c17-12-7-10(8-13-15(12)24-6-5-23-13)3-4-18-16(22)19-9-11-1-2-14(21)20-11/h7-8,11H,1-6,9H2,(H,20,21)(H2,18,19,22)/t11-/m0/s1. The zero-order valence-electron chi connectivity index (χ0n) is 13.2. The Hall–Kier alpha value is -2.15. The minimum atomic E-state index is -0.250. The zero-order chi connectivity index (χ0) is 16.9. The molecule has 1 saturated heterocycles. The summed E-state index contributed by atoms with van der Waals surface area (Å²) in [7, 11) is 0. The summed E-state index contributed by atoms with van der Waals surface area (Å²) < 4.78 is 11.0. The van der Waals surface area contributed by atoms with E-state index >= 15 is 0 Å². The summed E-state index contributed by atoms with van der Waals surface area (Å²) in [4.78, 5) is 22.9. The predicted octanol–water partition coefficient (Wildman–Crippen LogP) is 1.23. The molecular weight excluding hydrogens is 334 g/mol. The van der Waals surface area contributed by atoms with Gasteiger partial charge in [0, 0.05) is 25.6 Å². The van der Waals surface area contributed by atoms with Crippen molar-refractivity contribution in [3.05, 3.63) is 22.7 Å². The Kier molecular flexibility index (Phi) is 5.30. The first-order valence-corrected chi connectivity index (χ1v) is 8.38. The number of hydrogen-bond acceptors (Lipinski definition) is 4. The molecule has 0 saturated carbocycles. The van der Waals surface area contributed by atoms with Crippen LogP contribution in [0, 0.1) is 0 Å². The van der Waals surface area contributed by atoms with Crippen LogP contribution in [0.15, 0.2) is 12.1 Å². The lowest BCUT2D eigenvalue weighted by molar-refractivity contribution is -0.119. The molecule has 0 radical (unpaired) electrons. The lowest BCUT2D eigenvalue weighted by atomic mass is 10.1. The number of urea groups is 1. The van der Waals surface area contributed by atoms with Crippen molar-refractivity contribution in [2.75, 3.05) is 26.3 Å². The van der Waals surface area contributed by atoms with E-state index in [0.717, 1.165) is 12.0 Å².